The van der Waals surface area contributed by atoms with Crippen molar-refractivity contribution in [3.8, 4) is 0 Å². The second-order valence-corrected chi connectivity index (χ2v) is 17.8. The minimum absolute atomic E-state index is 0. The van der Waals surface area contributed by atoms with Crippen LogP contribution in [0.1, 0.15) is 90.5 Å². The number of nitrogens with zero attached hydrogens (tertiary/aromatic N) is 5. The van der Waals surface area contributed by atoms with Crippen LogP contribution in [0.3, 0.4) is 0 Å². The lowest BCUT2D eigenvalue weighted by Gasteiger charge is -2.54. The molecule has 2 aromatic carbocycles. The summed E-state index contributed by atoms with van der Waals surface area (Å²) < 4.78 is 43.3. The molecule has 3 saturated heterocycles. The Morgan fingerprint density at radius 3 is 2.50 bits per heavy atom. The molecule has 7 rings (SSSR count). The summed E-state index contributed by atoms with van der Waals surface area (Å²) in [4.78, 5) is 35.0. The van der Waals surface area contributed by atoms with Crippen molar-refractivity contribution in [3.63, 3.8) is 0 Å². The Morgan fingerprint density at radius 1 is 1.08 bits per heavy atom. The Bertz CT molecular complexity index is 1920. The quantitative estimate of drug-likeness (QED) is 0.163. The summed E-state index contributed by atoms with van der Waals surface area (Å²) in [5.74, 6) is 1.75. The van der Waals surface area contributed by atoms with Crippen LogP contribution in [0.25, 0.3) is 0 Å². The van der Waals surface area contributed by atoms with Gasteiger partial charge in [-0.05, 0) is 124 Å². The van der Waals surface area contributed by atoms with Gasteiger partial charge >= 0.3 is 6.09 Å². The second-order valence-electron chi connectivity index (χ2n) is 17.8. The van der Waals surface area contributed by atoms with Crippen LogP contribution in [0.2, 0.25) is 0 Å². The number of carbonyl (C=O) groups excluding carboxylic acids is 2. The summed E-state index contributed by atoms with van der Waals surface area (Å²) in [5.41, 5.74) is 1.82. The zero-order valence-corrected chi connectivity index (χ0v) is 36.8. The monoisotopic (exact) mass is 833 g/mol. The maximum atomic E-state index is 15.1. The van der Waals surface area contributed by atoms with Crippen LogP contribution in [0.5, 0.6) is 0 Å². The van der Waals surface area contributed by atoms with E-state index in [2.05, 4.69) is 58.1 Å². The number of nitrogens with one attached hydrogen (secondary N) is 1. The van der Waals surface area contributed by atoms with E-state index in [1.807, 2.05) is 42.4 Å². The van der Waals surface area contributed by atoms with Crippen LogP contribution in [0, 0.1) is 36.3 Å². The Labute approximate surface area is 358 Å². The maximum absolute atomic E-state index is 15.1. The molecule has 1 N–H and O–H groups in total. The fraction of sp³-hybridized carbons (Fsp3) is 0.604. The highest BCUT2D eigenvalue weighted by molar-refractivity contribution is 5.87. The molecule has 1 aliphatic carbocycles. The number of anilines is 1. The Balaban J connectivity index is 0.000000468. The molecule has 2 unspecified atom stereocenters. The van der Waals surface area contributed by atoms with Crippen molar-refractivity contribution in [2.45, 2.75) is 115 Å². The molecule has 4 aliphatic rings. The van der Waals surface area contributed by atoms with Gasteiger partial charge < -0.3 is 34.1 Å². The predicted molar refractivity (Wildman–Crippen MR) is 235 cm³/mol. The highest BCUT2D eigenvalue weighted by Crippen LogP contribution is 2.53. The predicted octanol–water partition coefficient (Wildman–Crippen LogP) is 8.57. The van der Waals surface area contributed by atoms with Crippen LogP contribution in [0.15, 0.2) is 67.5 Å². The first-order chi connectivity index (χ1) is 28.9. The van der Waals surface area contributed by atoms with E-state index in [1.165, 1.54) is 19.3 Å². The first kappa shape index (κ1) is 45.2. The van der Waals surface area contributed by atoms with E-state index in [1.54, 1.807) is 19.2 Å². The van der Waals surface area contributed by atoms with E-state index >= 15 is 4.39 Å². The van der Waals surface area contributed by atoms with Crippen molar-refractivity contribution >= 4 is 17.7 Å². The molecule has 0 radical (unpaired) electrons. The summed E-state index contributed by atoms with van der Waals surface area (Å²) in [6, 6.07) is 13.0. The third kappa shape index (κ3) is 9.91. The summed E-state index contributed by atoms with van der Waals surface area (Å²) in [5, 5.41) is 3.18. The van der Waals surface area contributed by atoms with Gasteiger partial charge in [0.25, 0.3) is 0 Å². The van der Waals surface area contributed by atoms with Crippen molar-refractivity contribution in [1.82, 2.24) is 24.7 Å². The van der Waals surface area contributed by atoms with Gasteiger partial charge in [0.1, 0.15) is 23.1 Å². The van der Waals surface area contributed by atoms with Gasteiger partial charge in [-0.1, -0.05) is 52.0 Å². The number of aromatic nitrogens is 2. The molecule has 60 heavy (non-hydrogen) atoms. The van der Waals surface area contributed by atoms with Crippen molar-refractivity contribution < 1.29 is 29.3 Å². The molecule has 3 aliphatic heterocycles. The summed E-state index contributed by atoms with van der Waals surface area (Å²) >= 11 is 0. The molecule has 4 fully saturated rings. The number of piperidine rings is 1. The molecule has 1 saturated carbocycles. The number of hydrogen-bond acceptors (Lipinski definition) is 7. The molecule has 10 nitrogen and oxygen atoms in total. The maximum Gasteiger partial charge on any atom is 0.407 e. The summed E-state index contributed by atoms with van der Waals surface area (Å²) in [7, 11) is 3.17. The first-order valence-corrected chi connectivity index (χ1v) is 22.2. The molecular formula is C48H70F2N6O4. The Morgan fingerprint density at radius 2 is 1.85 bits per heavy atom. The third-order valence-electron chi connectivity index (χ3n) is 14.1. The highest BCUT2D eigenvalue weighted by Gasteiger charge is 2.53. The van der Waals surface area contributed by atoms with Crippen molar-refractivity contribution in [1.29, 1.82) is 0 Å². The van der Waals surface area contributed by atoms with Crippen LogP contribution < -0.4 is 10.2 Å². The fourth-order valence-corrected chi connectivity index (χ4v) is 11.1. The van der Waals surface area contributed by atoms with Gasteiger partial charge in [0.15, 0.2) is 0 Å². The van der Waals surface area contributed by atoms with Gasteiger partial charge in [0.2, 0.25) is 5.91 Å². The molecule has 4 heterocycles. The minimum Gasteiger partial charge on any atom is -0.453 e. The minimum atomic E-state index is -0.414. The van der Waals surface area contributed by atoms with E-state index in [9.17, 15) is 14.0 Å². The number of halogens is 2. The van der Waals surface area contributed by atoms with Crippen LogP contribution in [-0.4, -0.2) is 103 Å². The Hall–Kier alpha value is -4.29. The lowest BCUT2D eigenvalue weighted by Crippen LogP contribution is -2.68. The summed E-state index contributed by atoms with van der Waals surface area (Å²) in [6.45, 7) is 17.4. The van der Waals surface area contributed by atoms with Crippen LogP contribution >= 0.6 is 0 Å². The number of likely N-dealkylation sites (tertiary alicyclic amines) is 2. The molecule has 12 heteroatoms. The molecule has 5 atom stereocenters. The van der Waals surface area contributed by atoms with Gasteiger partial charge in [-0.25, -0.2) is 18.6 Å². The number of rotatable bonds is 14. The van der Waals surface area contributed by atoms with Gasteiger partial charge in [-0.2, -0.15) is 0 Å². The highest BCUT2D eigenvalue weighted by atomic mass is 19.1. The number of ether oxygens (including phenoxy) is 2. The molecule has 330 valence electrons. The summed E-state index contributed by atoms with van der Waals surface area (Å²) in [6.07, 6.45) is 13.5. The second kappa shape index (κ2) is 20.1. The number of benzene rings is 2. The topological polar surface area (TPSA) is 92.2 Å². The number of alkyl carbamates (subject to hydrolysis) is 1. The van der Waals surface area contributed by atoms with Crippen molar-refractivity contribution in [3.05, 3.63) is 96.1 Å². The van der Waals surface area contributed by atoms with Gasteiger partial charge in [-0.15, -0.1) is 0 Å². The fourth-order valence-electron chi connectivity index (χ4n) is 11.1. The van der Waals surface area contributed by atoms with E-state index in [0.29, 0.717) is 30.7 Å². The van der Waals surface area contributed by atoms with E-state index < -0.39 is 6.09 Å². The number of aryl methyl sites for hydroxylation is 3. The standard InChI is InChI=1S/C38H51F2N5O3.C10H17NO.H2/c1-5-35-41-17-21-44(35)20-16-38(29-8-6-9-30(39)23-29,31-10-7-11-33(31)42-36(46)47-3)28-14-18-43(19-15-28)24-37(48-4)25-45(26-37)34-13-12-27(2)22-32(34)40;1-4-9-6-8(3)7-11(9)10(12)5-2;/h6,8-9,12-13,17,21-23,28,31,33H,5,7,10-11,14-16,18-20,24-26H2,1-4H3,(H,42,46);5,8-9H,2,4,6-7H2,1,3H3;1H/t31-,33-,38-;;/m0../s1. The van der Waals surface area contributed by atoms with Gasteiger partial charge in [-0.3, -0.25) is 4.79 Å². The van der Waals surface area contributed by atoms with Gasteiger partial charge in [0.05, 0.1) is 25.9 Å². The molecule has 3 aromatic rings. The first-order valence-electron chi connectivity index (χ1n) is 22.2. The van der Waals surface area contributed by atoms with Crippen molar-refractivity contribution in [2.75, 3.05) is 58.4 Å². The van der Waals surface area contributed by atoms with Crippen molar-refractivity contribution in [2.24, 2.45) is 17.8 Å². The average molecular weight is 833 g/mol. The lowest BCUT2D eigenvalue weighted by atomic mass is 9.56. The molecule has 0 bridgehead atoms. The Kier molecular flexibility index (Phi) is 15.1. The molecule has 2 amide bonds. The van der Waals surface area contributed by atoms with Crippen LogP contribution in [0.4, 0.5) is 19.3 Å². The number of carbonyl (C=O) groups is 2. The largest absolute Gasteiger partial charge is 0.453 e. The molecular weight excluding hydrogens is 763 g/mol. The normalized spacial score (nSPS) is 23.9. The van der Waals surface area contributed by atoms with Crippen LogP contribution in [-0.2, 0) is 32.6 Å². The zero-order chi connectivity index (χ0) is 43.0. The number of methoxy groups -OCH3 is 2. The van der Waals surface area contributed by atoms with E-state index in [4.69, 9.17) is 9.47 Å². The lowest BCUT2D eigenvalue weighted by molar-refractivity contribution is -0.126. The number of amides is 2. The third-order valence-corrected chi connectivity index (χ3v) is 14.1. The zero-order valence-electron chi connectivity index (χ0n) is 36.8. The molecule has 1 aromatic heterocycles. The number of imidazole rings is 1. The van der Waals surface area contributed by atoms with E-state index in [-0.39, 0.29) is 47.9 Å². The van der Waals surface area contributed by atoms with Gasteiger partial charge in [0, 0.05) is 64.5 Å². The van der Waals surface area contributed by atoms with E-state index in [0.717, 1.165) is 107 Å². The number of hydrogen-bond donors (Lipinski definition) is 1. The molecule has 0 spiro atoms. The average Bonchev–Trinajstić information content (AvgIpc) is 4.00. The SMILES string of the molecule is C=CC(=O)N1CC(C)CC1CC.CCc1nccn1CC[C@@](c1cccc(F)c1)(C1CCN(CC2(OC)CN(c3ccc(C)cc3F)C2)CC1)[C@H]1CCC[C@@H]1NC(=O)OC.[HH]. The smallest absolute Gasteiger partial charge is 0.407 e.